The van der Waals surface area contributed by atoms with Crippen molar-refractivity contribution in [1.29, 1.82) is 0 Å². The van der Waals surface area contributed by atoms with Crippen molar-refractivity contribution in [2.75, 3.05) is 19.7 Å². The van der Waals surface area contributed by atoms with E-state index in [2.05, 4.69) is 17.4 Å². The Morgan fingerprint density at radius 1 is 1.19 bits per heavy atom. The number of hydrogen-bond acceptors (Lipinski definition) is 4. The average Bonchev–Trinajstić information content (AvgIpc) is 2.97. The van der Waals surface area contributed by atoms with Crippen molar-refractivity contribution < 1.29 is 14.3 Å². The van der Waals surface area contributed by atoms with E-state index in [-0.39, 0.29) is 11.6 Å². The third-order valence-electron chi connectivity index (χ3n) is 5.28. The Balaban J connectivity index is 1.40. The lowest BCUT2D eigenvalue weighted by Crippen LogP contribution is -2.53. The second kappa shape index (κ2) is 7.97. The standard InChI is InChI=1S/C21H32N2O3/c1-20(2,3)26-19(24)23-13-11-21(12-14-23)10-9-18(22-21)16-25-15-17-7-5-4-6-8-17/h4-8,18,22H,9-16H2,1-3H3/t18-/m0/s1. The molecule has 0 saturated carbocycles. The van der Waals surface area contributed by atoms with E-state index in [1.54, 1.807) is 0 Å². The van der Waals surface area contributed by atoms with E-state index < -0.39 is 5.60 Å². The van der Waals surface area contributed by atoms with Gasteiger partial charge >= 0.3 is 6.09 Å². The molecule has 0 bridgehead atoms. The molecule has 1 spiro atoms. The number of ether oxygens (including phenoxy) is 2. The van der Waals surface area contributed by atoms with Gasteiger partial charge in [0, 0.05) is 24.7 Å². The van der Waals surface area contributed by atoms with E-state index in [0.29, 0.717) is 12.6 Å². The lowest BCUT2D eigenvalue weighted by molar-refractivity contribution is 0.0150. The van der Waals surface area contributed by atoms with E-state index in [9.17, 15) is 4.79 Å². The molecule has 1 aromatic rings. The molecule has 144 valence electrons. The second-order valence-electron chi connectivity index (χ2n) is 8.63. The minimum absolute atomic E-state index is 0.166. The molecular weight excluding hydrogens is 328 g/mol. The van der Waals surface area contributed by atoms with Gasteiger partial charge in [-0.15, -0.1) is 0 Å². The van der Waals surface area contributed by atoms with Gasteiger partial charge in [-0.1, -0.05) is 30.3 Å². The van der Waals surface area contributed by atoms with Crippen LogP contribution >= 0.6 is 0 Å². The van der Waals surface area contributed by atoms with Crippen LogP contribution < -0.4 is 5.32 Å². The Kier molecular flexibility index (Phi) is 5.88. The van der Waals surface area contributed by atoms with Crippen LogP contribution in [0.2, 0.25) is 0 Å². The Labute approximate surface area is 157 Å². The van der Waals surface area contributed by atoms with E-state index in [0.717, 1.165) is 45.4 Å². The first kappa shape index (κ1) is 19.2. The quantitative estimate of drug-likeness (QED) is 0.889. The van der Waals surface area contributed by atoms with Crippen molar-refractivity contribution in [2.45, 2.75) is 70.2 Å². The van der Waals surface area contributed by atoms with Crippen molar-refractivity contribution in [2.24, 2.45) is 0 Å². The van der Waals surface area contributed by atoms with Gasteiger partial charge in [-0.25, -0.2) is 4.79 Å². The number of benzene rings is 1. The fourth-order valence-corrected chi connectivity index (χ4v) is 3.88. The van der Waals surface area contributed by atoms with Crippen LogP contribution in [0.25, 0.3) is 0 Å². The number of likely N-dealkylation sites (tertiary alicyclic amines) is 1. The molecule has 0 unspecified atom stereocenters. The Morgan fingerprint density at radius 3 is 2.54 bits per heavy atom. The first-order chi connectivity index (χ1) is 12.4. The van der Waals surface area contributed by atoms with Crippen LogP contribution in [0.15, 0.2) is 30.3 Å². The van der Waals surface area contributed by atoms with Gasteiger partial charge in [0.25, 0.3) is 0 Å². The summed E-state index contributed by atoms with van der Waals surface area (Å²) in [6.45, 7) is 8.67. The van der Waals surface area contributed by atoms with Gasteiger partial charge in [0.2, 0.25) is 0 Å². The van der Waals surface area contributed by atoms with Gasteiger partial charge in [0.05, 0.1) is 13.2 Å². The topological polar surface area (TPSA) is 50.8 Å². The van der Waals surface area contributed by atoms with Gasteiger partial charge in [0.15, 0.2) is 0 Å². The third kappa shape index (κ3) is 5.21. The maximum atomic E-state index is 12.2. The molecule has 2 heterocycles. The van der Waals surface area contributed by atoms with Gasteiger partial charge in [-0.3, -0.25) is 0 Å². The SMILES string of the molecule is CC(C)(C)OC(=O)N1CCC2(CC[C@@H](COCc3ccccc3)N2)CC1. The molecule has 1 N–H and O–H groups in total. The van der Waals surface area contributed by atoms with E-state index >= 15 is 0 Å². The number of carbonyl (C=O) groups is 1. The normalized spacial score (nSPS) is 22.6. The predicted octanol–water partition coefficient (Wildman–Crippen LogP) is 3.72. The van der Waals surface area contributed by atoms with Crippen LogP contribution in [-0.2, 0) is 16.1 Å². The minimum atomic E-state index is -0.432. The summed E-state index contributed by atoms with van der Waals surface area (Å²) in [5, 5.41) is 3.80. The number of piperidine rings is 1. The highest BCUT2D eigenvalue weighted by atomic mass is 16.6. The Morgan fingerprint density at radius 2 is 1.88 bits per heavy atom. The first-order valence-corrected chi connectivity index (χ1v) is 9.73. The van der Waals surface area contributed by atoms with Crippen LogP contribution in [0.3, 0.4) is 0 Å². The molecule has 0 radical (unpaired) electrons. The number of rotatable bonds is 4. The molecule has 1 amide bonds. The van der Waals surface area contributed by atoms with Crippen LogP contribution in [-0.4, -0.2) is 47.9 Å². The molecule has 2 fully saturated rings. The van der Waals surface area contributed by atoms with Crippen LogP contribution in [0.5, 0.6) is 0 Å². The number of nitrogens with one attached hydrogen (secondary N) is 1. The molecule has 1 aromatic carbocycles. The molecule has 2 aliphatic rings. The fraction of sp³-hybridized carbons (Fsp3) is 0.667. The van der Waals surface area contributed by atoms with E-state index in [4.69, 9.17) is 9.47 Å². The zero-order chi connectivity index (χ0) is 18.6. The van der Waals surface area contributed by atoms with Crippen molar-refractivity contribution >= 4 is 6.09 Å². The number of hydrogen-bond donors (Lipinski definition) is 1. The van der Waals surface area contributed by atoms with Crippen molar-refractivity contribution in [3.05, 3.63) is 35.9 Å². The molecule has 0 aliphatic carbocycles. The third-order valence-corrected chi connectivity index (χ3v) is 5.28. The summed E-state index contributed by atoms with van der Waals surface area (Å²) in [6.07, 6.45) is 4.09. The van der Waals surface area contributed by atoms with Gasteiger partial charge in [-0.2, -0.15) is 0 Å². The van der Waals surface area contributed by atoms with Gasteiger partial charge in [-0.05, 0) is 52.0 Å². The smallest absolute Gasteiger partial charge is 0.410 e. The monoisotopic (exact) mass is 360 g/mol. The van der Waals surface area contributed by atoms with Crippen LogP contribution in [0.4, 0.5) is 4.79 Å². The molecule has 2 saturated heterocycles. The summed E-state index contributed by atoms with van der Waals surface area (Å²) < 4.78 is 11.4. The zero-order valence-electron chi connectivity index (χ0n) is 16.3. The maximum Gasteiger partial charge on any atom is 0.410 e. The Hall–Kier alpha value is -1.59. The molecule has 0 aromatic heterocycles. The average molecular weight is 360 g/mol. The van der Waals surface area contributed by atoms with Crippen molar-refractivity contribution in [3.8, 4) is 0 Å². The Bertz CT molecular complexity index is 589. The number of carbonyl (C=O) groups excluding carboxylic acids is 1. The molecular formula is C21H32N2O3. The number of amides is 1. The van der Waals surface area contributed by atoms with Crippen LogP contribution in [0.1, 0.15) is 52.0 Å². The largest absolute Gasteiger partial charge is 0.444 e. The minimum Gasteiger partial charge on any atom is -0.444 e. The molecule has 3 rings (SSSR count). The molecule has 26 heavy (non-hydrogen) atoms. The molecule has 1 atom stereocenters. The highest BCUT2D eigenvalue weighted by molar-refractivity contribution is 5.68. The van der Waals surface area contributed by atoms with Crippen molar-refractivity contribution in [3.63, 3.8) is 0 Å². The lowest BCUT2D eigenvalue weighted by atomic mass is 9.86. The summed E-state index contributed by atoms with van der Waals surface area (Å²) in [4.78, 5) is 14.1. The highest BCUT2D eigenvalue weighted by Crippen LogP contribution is 2.34. The first-order valence-electron chi connectivity index (χ1n) is 9.73. The predicted molar refractivity (Wildman–Crippen MR) is 102 cm³/mol. The van der Waals surface area contributed by atoms with E-state index in [1.165, 1.54) is 5.56 Å². The van der Waals surface area contributed by atoms with Gasteiger partial charge < -0.3 is 19.7 Å². The number of nitrogens with zero attached hydrogens (tertiary/aromatic N) is 1. The fourth-order valence-electron chi connectivity index (χ4n) is 3.88. The zero-order valence-corrected chi connectivity index (χ0v) is 16.3. The second-order valence-corrected chi connectivity index (χ2v) is 8.63. The summed E-state index contributed by atoms with van der Waals surface area (Å²) in [7, 11) is 0. The maximum absolute atomic E-state index is 12.2. The van der Waals surface area contributed by atoms with Crippen molar-refractivity contribution in [1.82, 2.24) is 10.2 Å². The van der Waals surface area contributed by atoms with Crippen LogP contribution in [0, 0.1) is 0 Å². The van der Waals surface area contributed by atoms with Gasteiger partial charge in [0.1, 0.15) is 5.60 Å². The highest BCUT2D eigenvalue weighted by Gasteiger charge is 2.42. The summed E-state index contributed by atoms with van der Waals surface area (Å²) in [5.41, 5.74) is 0.948. The summed E-state index contributed by atoms with van der Waals surface area (Å²) >= 11 is 0. The molecule has 5 heteroatoms. The molecule has 2 aliphatic heterocycles. The van der Waals surface area contributed by atoms with E-state index in [1.807, 2.05) is 43.9 Å². The molecule has 5 nitrogen and oxygen atoms in total. The summed E-state index contributed by atoms with van der Waals surface area (Å²) in [6, 6.07) is 10.7. The lowest BCUT2D eigenvalue weighted by Gasteiger charge is -2.40. The summed E-state index contributed by atoms with van der Waals surface area (Å²) in [5.74, 6) is 0.